The highest BCUT2D eigenvalue weighted by Gasteiger charge is 2.51. The van der Waals surface area contributed by atoms with Gasteiger partial charge in [0, 0.05) is 18.1 Å². The number of alkyl halides is 1. The number of halogens is 2. The van der Waals surface area contributed by atoms with E-state index in [1.165, 1.54) is 11.8 Å². The largest absolute Gasteiger partial charge is 0.480 e. The van der Waals surface area contributed by atoms with Crippen LogP contribution in [-0.2, 0) is 14.8 Å². The van der Waals surface area contributed by atoms with Gasteiger partial charge in [-0.05, 0) is 12.2 Å². The third-order valence-electron chi connectivity index (χ3n) is 3.13. The number of allylic oxidation sites excluding steroid dienone is 3. The van der Waals surface area contributed by atoms with Crippen molar-refractivity contribution in [3.63, 3.8) is 0 Å². The number of aliphatic carboxylic acids is 1. The van der Waals surface area contributed by atoms with Crippen LogP contribution in [0.4, 0.5) is 8.78 Å². The van der Waals surface area contributed by atoms with Crippen molar-refractivity contribution in [3.05, 3.63) is 24.1 Å². The fraction of sp³-hybridized carbons (Fsp3) is 0.545. The van der Waals surface area contributed by atoms with E-state index < -0.39 is 39.3 Å². The molecule has 112 valence electrons. The maximum Gasteiger partial charge on any atom is 0.322 e. The molecule has 9 heteroatoms. The van der Waals surface area contributed by atoms with E-state index in [9.17, 15) is 22.0 Å². The molecular weight excluding hydrogens is 312 g/mol. The van der Waals surface area contributed by atoms with Gasteiger partial charge in [0.25, 0.3) is 10.0 Å². The van der Waals surface area contributed by atoms with E-state index >= 15 is 0 Å². The first-order chi connectivity index (χ1) is 9.28. The van der Waals surface area contributed by atoms with Gasteiger partial charge >= 0.3 is 5.97 Å². The van der Waals surface area contributed by atoms with Crippen molar-refractivity contribution >= 4 is 27.8 Å². The summed E-state index contributed by atoms with van der Waals surface area (Å²) in [5.41, 5.74) is 0. The van der Waals surface area contributed by atoms with Crippen molar-refractivity contribution in [2.45, 2.75) is 17.5 Å². The molecule has 2 unspecified atom stereocenters. The third-order valence-corrected chi connectivity index (χ3v) is 6.35. The molecule has 0 spiro atoms. The molecule has 5 nitrogen and oxygen atoms in total. The Kier molecular flexibility index (Phi) is 4.22. The number of sulfonamides is 1. The Balaban J connectivity index is 2.36. The predicted octanol–water partition coefficient (Wildman–Crippen LogP) is 1.30. The van der Waals surface area contributed by atoms with E-state index in [1.807, 2.05) is 0 Å². The number of carboxylic acid groups (broad SMARTS) is 1. The van der Waals surface area contributed by atoms with Gasteiger partial charge in [0.2, 0.25) is 5.00 Å². The van der Waals surface area contributed by atoms with Crippen LogP contribution >= 0.6 is 11.8 Å². The first kappa shape index (κ1) is 15.5. The second-order valence-corrected chi connectivity index (χ2v) is 7.73. The molecule has 0 aromatic rings. The number of carbonyl (C=O) groups is 1. The maximum atomic E-state index is 14.6. The van der Waals surface area contributed by atoms with Crippen LogP contribution in [0.2, 0.25) is 0 Å². The van der Waals surface area contributed by atoms with Crippen molar-refractivity contribution in [3.8, 4) is 0 Å². The van der Waals surface area contributed by atoms with E-state index in [0.29, 0.717) is 10.1 Å². The Morgan fingerprint density at radius 1 is 1.55 bits per heavy atom. The van der Waals surface area contributed by atoms with Gasteiger partial charge in [-0.25, -0.2) is 17.2 Å². The zero-order valence-electron chi connectivity index (χ0n) is 10.3. The molecular formula is C11H13F2NO4S2. The molecule has 0 aromatic carbocycles. The summed E-state index contributed by atoms with van der Waals surface area (Å²) in [7, 11) is -4.61. The number of carboxylic acids is 1. The lowest BCUT2D eigenvalue weighted by molar-refractivity contribution is -0.140. The van der Waals surface area contributed by atoms with Crippen LogP contribution in [0.25, 0.3) is 0 Å². The molecule has 1 N–H and O–H groups in total. The fourth-order valence-corrected chi connectivity index (χ4v) is 5.13. The second kappa shape index (κ2) is 5.45. The molecule has 1 fully saturated rings. The van der Waals surface area contributed by atoms with Gasteiger partial charge in [-0.2, -0.15) is 16.1 Å². The minimum atomic E-state index is -4.61. The monoisotopic (exact) mass is 325 g/mol. The van der Waals surface area contributed by atoms with Crippen LogP contribution in [0, 0.1) is 0 Å². The van der Waals surface area contributed by atoms with E-state index in [4.69, 9.17) is 5.11 Å². The van der Waals surface area contributed by atoms with E-state index in [2.05, 4.69) is 0 Å². The summed E-state index contributed by atoms with van der Waals surface area (Å²) in [5.74, 6) is -1.80. The molecule has 0 aromatic heterocycles. The highest BCUT2D eigenvalue weighted by atomic mass is 32.2. The van der Waals surface area contributed by atoms with Gasteiger partial charge in [-0.1, -0.05) is 6.08 Å². The number of nitrogens with zero attached hydrogens (tertiary/aromatic N) is 1. The molecule has 0 amide bonds. The van der Waals surface area contributed by atoms with Crippen molar-refractivity contribution in [2.75, 3.05) is 18.1 Å². The molecule has 1 heterocycles. The van der Waals surface area contributed by atoms with Crippen molar-refractivity contribution in [2.24, 2.45) is 0 Å². The van der Waals surface area contributed by atoms with Gasteiger partial charge < -0.3 is 5.11 Å². The molecule has 1 saturated heterocycles. The zero-order chi connectivity index (χ0) is 15.0. The minimum absolute atomic E-state index is 0.0483. The third kappa shape index (κ3) is 2.61. The van der Waals surface area contributed by atoms with E-state index in [-0.39, 0.29) is 12.3 Å². The molecule has 1 aliphatic heterocycles. The summed E-state index contributed by atoms with van der Waals surface area (Å²) < 4.78 is 53.2. The highest BCUT2D eigenvalue weighted by Crippen LogP contribution is 2.37. The number of thioether (sulfide) groups is 1. The first-order valence-electron chi connectivity index (χ1n) is 5.83. The summed E-state index contributed by atoms with van der Waals surface area (Å²) in [5, 5.41) is 6.13. The lowest BCUT2D eigenvalue weighted by atomic mass is 10.1. The molecule has 1 aliphatic carbocycles. The SMILES string of the molecule is O=C(O)C1CSCCN1S(=O)(=O)C1(F)C=CC=C(F)C1. The Morgan fingerprint density at radius 3 is 2.85 bits per heavy atom. The van der Waals surface area contributed by atoms with Crippen molar-refractivity contribution < 1.29 is 27.1 Å². The molecule has 20 heavy (non-hydrogen) atoms. The Hall–Kier alpha value is -0.930. The summed E-state index contributed by atoms with van der Waals surface area (Å²) >= 11 is 1.28. The quantitative estimate of drug-likeness (QED) is 0.846. The molecule has 0 saturated carbocycles. The van der Waals surface area contributed by atoms with E-state index in [1.54, 1.807) is 0 Å². The highest BCUT2D eigenvalue weighted by molar-refractivity contribution is 7.99. The summed E-state index contributed by atoms with van der Waals surface area (Å²) in [6.45, 7) is -0.102. The number of hydrogen-bond donors (Lipinski definition) is 1. The normalized spacial score (nSPS) is 31.9. The van der Waals surface area contributed by atoms with Gasteiger partial charge in [0.1, 0.15) is 11.9 Å². The van der Waals surface area contributed by atoms with Crippen LogP contribution in [0.3, 0.4) is 0 Å². The smallest absolute Gasteiger partial charge is 0.322 e. The Labute approximate surface area is 119 Å². The van der Waals surface area contributed by atoms with Crippen LogP contribution in [0.1, 0.15) is 6.42 Å². The maximum absolute atomic E-state index is 14.6. The van der Waals surface area contributed by atoms with Gasteiger partial charge in [-0.15, -0.1) is 0 Å². The average Bonchev–Trinajstić information content (AvgIpc) is 2.38. The fourth-order valence-electron chi connectivity index (χ4n) is 2.09. The summed E-state index contributed by atoms with van der Waals surface area (Å²) in [6, 6.07) is -1.33. The number of hydrogen-bond acceptors (Lipinski definition) is 4. The minimum Gasteiger partial charge on any atom is -0.480 e. The molecule has 0 radical (unpaired) electrons. The van der Waals surface area contributed by atoms with Crippen LogP contribution in [-0.4, -0.2) is 52.9 Å². The zero-order valence-corrected chi connectivity index (χ0v) is 12.0. The van der Waals surface area contributed by atoms with Gasteiger partial charge in [-0.3, -0.25) is 4.79 Å². The van der Waals surface area contributed by atoms with Crippen molar-refractivity contribution in [1.82, 2.24) is 4.31 Å². The summed E-state index contributed by atoms with van der Waals surface area (Å²) in [6.07, 6.45) is 1.80. The lowest BCUT2D eigenvalue weighted by Gasteiger charge is -2.36. The van der Waals surface area contributed by atoms with Gasteiger partial charge in [0.05, 0.1) is 6.42 Å². The first-order valence-corrected chi connectivity index (χ1v) is 8.42. The molecule has 2 rings (SSSR count). The Bertz CT molecular complexity index is 575. The van der Waals surface area contributed by atoms with Crippen molar-refractivity contribution in [1.29, 1.82) is 0 Å². The molecule has 2 atom stereocenters. The van der Waals surface area contributed by atoms with Crippen LogP contribution in [0.5, 0.6) is 0 Å². The van der Waals surface area contributed by atoms with Crippen LogP contribution < -0.4 is 0 Å². The van der Waals surface area contributed by atoms with E-state index in [0.717, 1.165) is 18.2 Å². The predicted molar refractivity (Wildman–Crippen MR) is 71.2 cm³/mol. The Morgan fingerprint density at radius 2 is 2.25 bits per heavy atom. The molecule has 2 aliphatic rings. The lowest BCUT2D eigenvalue weighted by Crippen LogP contribution is -2.55. The number of rotatable bonds is 3. The molecule has 0 bridgehead atoms. The second-order valence-electron chi connectivity index (χ2n) is 4.48. The topological polar surface area (TPSA) is 74.7 Å². The summed E-state index contributed by atoms with van der Waals surface area (Å²) in [4.78, 5) is 11.1. The average molecular weight is 325 g/mol. The van der Waals surface area contributed by atoms with Gasteiger partial charge in [0.15, 0.2) is 0 Å². The standard InChI is InChI=1S/C11H13F2NO4S2/c12-8-2-1-3-11(13,6-8)20(17,18)14-4-5-19-7-9(14)10(15)16/h1-3,9H,4-7H2,(H,15,16). The van der Waals surface area contributed by atoms with Crippen LogP contribution in [0.15, 0.2) is 24.1 Å².